The number of hydrogen-bond donors (Lipinski definition) is 2. The zero-order valence-corrected chi connectivity index (χ0v) is 13.9. The molecule has 122 valence electrons. The number of hydrogen-bond acceptors (Lipinski definition) is 3. The zero-order valence-electron chi connectivity index (χ0n) is 13.9. The Morgan fingerprint density at radius 3 is 2.30 bits per heavy atom. The van der Waals surface area contributed by atoms with Gasteiger partial charge >= 0.3 is 0 Å². The Bertz CT molecular complexity index is 609. The number of aromatic nitrogens is 1. The Hall–Kier alpha value is -2.56. The lowest BCUT2D eigenvalue weighted by Gasteiger charge is -2.12. The fraction of sp³-hybridized carbons (Fsp3) is 0.333. The van der Waals surface area contributed by atoms with Crippen molar-refractivity contribution in [3.63, 3.8) is 0 Å². The SMILES string of the molecule is CN=C(NCc1ccccc1)NCc1ccc(OC(C)C)nc1. The smallest absolute Gasteiger partial charge is 0.213 e. The standard InChI is InChI=1S/C18H24N4O/c1-14(2)23-17-10-9-16(12-20-17)13-22-18(19-3)21-11-15-7-5-4-6-8-15/h4-10,12,14H,11,13H2,1-3H3,(H2,19,21,22). The Morgan fingerprint density at radius 2 is 1.74 bits per heavy atom. The van der Waals surface area contributed by atoms with E-state index in [2.05, 4.69) is 32.7 Å². The summed E-state index contributed by atoms with van der Waals surface area (Å²) in [6.07, 6.45) is 1.95. The minimum absolute atomic E-state index is 0.132. The van der Waals surface area contributed by atoms with Gasteiger partial charge in [-0.05, 0) is 25.0 Å². The summed E-state index contributed by atoms with van der Waals surface area (Å²) in [4.78, 5) is 8.52. The molecule has 2 N–H and O–H groups in total. The van der Waals surface area contributed by atoms with Crippen molar-refractivity contribution in [1.82, 2.24) is 15.6 Å². The number of ether oxygens (including phenoxy) is 1. The average Bonchev–Trinajstić information content (AvgIpc) is 2.57. The van der Waals surface area contributed by atoms with Gasteiger partial charge in [-0.15, -0.1) is 0 Å². The van der Waals surface area contributed by atoms with Gasteiger partial charge in [-0.2, -0.15) is 0 Å². The van der Waals surface area contributed by atoms with E-state index in [4.69, 9.17) is 4.74 Å². The van der Waals surface area contributed by atoms with Crippen LogP contribution in [0.4, 0.5) is 0 Å². The number of rotatable bonds is 6. The minimum atomic E-state index is 0.132. The van der Waals surface area contributed by atoms with Crippen molar-refractivity contribution >= 4 is 5.96 Å². The maximum Gasteiger partial charge on any atom is 0.213 e. The first-order valence-electron chi connectivity index (χ1n) is 7.77. The van der Waals surface area contributed by atoms with Crippen LogP contribution in [0.5, 0.6) is 5.88 Å². The maximum absolute atomic E-state index is 5.54. The molecule has 0 aliphatic carbocycles. The fourth-order valence-corrected chi connectivity index (χ4v) is 2.01. The summed E-state index contributed by atoms with van der Waals surface area (Å²) in [6.45, 7) is 5.36. The molecule has 1 aromatic carbocycles. The number of aliphatic imine (C=N–C) groups is 1. The van der Waals surface area contributed by atoms with E-state index in [1.807, 2.05) is 50.4 Å². The van der Waals surface area contributed by atoms with E-state index in [0.29, 0.717) is 12.4 Å². The maximum atomic E-state index is 5.54. The summed E-state index contributed by atoms with van der Waals surface area (Å²) >= 11 is 0. The minimum Gasteiger partial charge on any atom is -0.475 e. The van der Waals surface area contributed by atoms with Crippen molar-refractivity contribution in [1.29, 1.82) is 0 Å². The Morgan fingerprint density at radius 1 is 1.04 bits per heavy atom. The predicted molar refractivity (Wildman–Crippen MR) is 93.5 cm³/mol. The summed E-state index contributed by atoms with van der Waals surface area (Å²) in [5.74, 6) is 1.41. The number of guanidine groups is 1. The van der Waals surface area contributed by atoms with Crippen LogP contribution in [0.1, 0.15) is 25.0 Å². The molecule has 0 unspecified atom stereocenters. The molecule has 0 saturated carbocycles. The van der Waals surface area contributed by atoms with Gasteiger partial charge in [0.25, 0.3) is 0 Å². The molecule has 0 saturated heterocycles. The zero-order chi connectivity index (χ0) is 16.5. The van der Waals surface area contributed by atoms with Gasteiger partial charge in [0, 0.05) is 32.4 Å². The molecule has 2 aromatic rings. The van der Waals surface area contributed by atoms with Crippen LogP contribution in [-0.2, 0) is 13.1 Å². The topological polar surface area (TPSA) is 58.5 Å². The van der Waals surface area contributed by atoms with Crippen LogP contribution in [0.2, 0.25) is 0 Å². The van der Waals surface area contributed by atoms with Crippen LogP contribution < -0.4 is 15.4 Å². The normalized spacial score (nSPS) is 11.4. The molecule has 0 aliphatic heterocycles. The summed E-state index contributed by atoms with van der Waals surface area (Å²) in [5, 5.41) is 6.56. The van der Waals surface area contributed by atoms with Crippen molar-refractivity contribution in [3.8, 4) is 5.88 Å². The number of pyridine rings is 1. The van der Waals surface area contributed by atoms with Crippen molar-refractivity contribution in [2.24, 2.45) is 4.99 Å². The van der Waals surface area contributed by atoms with Crippen molar-refractivity contribution in [2.75, 3.05) is 7.05 Å². The quantitative estimate of drug-likeness (QED) is 0.636. The number of benzene rings is 1. The van der Waals surface area contributed by atoms with Crippen LogP contribution in [0, 0.1) is 0 Å². The van der Waals surface area contributed by atoms with E-state index in [0.717, 1.165) is 18.1 Å². The molecule has 2 rings (SSSR count). The second-order valence-electron chi connectivity index (χ2n) is 5.44. The molecule has 5 nitrogen and oxygen atoms in total. The van der Waals surface area contributed by atoms with Crippen LogP contribution in [0.3, 0.4) is 0 Å². The Labute approximate surface area is 137 Å². The number of nitrogens with zero attached hydrogens (tertiary/aromatic N) is 2. The molecule has 0 fully saturated rings. The van der Waals surface area contributed by atoms with Crippen molar-refractivity contribution < 1.29 is 4.74 Å². The fourth-order valence-electron chi connectivity index (χ4n) is 2.01. The monoisotopic (exact) mass is 312 g/mol. The lowest BCUT2D eigenvalue weighted by Crippen LogP contribution is -2.36. The Kier molecular flexibility index (Phi) is 6.41. The summed E-state index contributed by atoms with van der Waals surface area (Å²) in [6, 6.07) is 14.1. The van der Waals surface area contributed by atoms with Crippen LogP contribution in [0.25, 0.3) is 0 Å². The Balaban J connectivity index is 1.81. The third-order valence-electron chi connectivity index (χ3n) is 3.14. The summed E-state index contributed by atoms with van der Waals surface area (Å²) in [5.41, 5.74) is 2.29. The highest BCUT2D eigenvalue weighted by atomic mass is 16.5. The van der Waals surface area contributed by atoms with E-state index in [1.165, 1.54) is 5.56 Å². The predicted octanol–water partition coefficient (Wildman–Crippen LogP) is 2.73. The molecule has 0 spiro atoms. The van der Waals surface area contributed by atoms with Crippen molar-refractivity contribution in [3.05, 3.63) is 59.8 Å². The molecular formula is C18H24N4O. The molecule has 1 aromatic heterocycles. The van der Waals surface area contributed by atoms with Gasteiger partial charge in [0.05, 0.1) is 6.10 Å². The van der Waals surface area contributed by atoms with Gasteiger partial charge in [0.2, 0.25) is 5.88 Å². The molecule has 23 heavy (non-hydrogen) atoms. The molecule has 0 amide bonds. The molecule has 1 heterocycles. The van der Waals surface area contributed by atoms with Crippen LogP contribution >= 0.6 is 0 Å². The third-order valence-corrected chi connectivity index (χ3v) is 3.14. The summed E-state index contributed by atoms with van der Waals surface area (Å²) < 4.78 is 5.54. The molecular weight excluding hydrogens is 288 g/mol. The van der Waals surface area contributed by atoms with E-state index in [9.17, 15) is 0 Å². The molecule has 0 atom stereocenters. The van der Waals surface area contributed by atoms with E-state index < -0.39 is 0 Å². The van der Waals surface area contributed by atoms with Gasteiger partial charge in [-0.3, -0.25) is 4.99 Å². The highest BCUT2D eigenvalue weighted by Gasteiger charge is 2.01. The van der Waals surface area contributed by atoms with Crippen LogP contribution in [-0.4, -0.2) is 24.1 Å². The van der Waals surface area contributed by atoms with Crippen LogP contribution in [0.15, 0.2) is 53.7 Å². The second kappa shape index (κ2) is 8.78. The first-order chi connectivity index (χ1) is 11.2. The third kappa shape index (κ3) is 5.98. The molecule has 5 heteroatoms. The first-order valence-corrected chi connectivity index (χ1v) is 7.77. The van der Waals surface area contributed by atoms with Gasteiger partial charge in [0.1, 0.15) is 0 Å². The second-order valence-corrected chi connectivity index (χ2v) is 5.44. The molecule has 0 bridgehead atoms. The van der Waals surface area contributed by atoms with E-state index >= 15 is 0 Å². The van der Waals surface area contributed by atoms with E-state index in [-0.39, 0.29) is 6.10 Å². The van der Waals surface area contributed by atoms with Crippen molar-refractivity contribution in [2.45, 2.75) is 33.0 Å². The highest BCUT2D eigenvalue weighted by molar-refractivity contribution is 5.79. The average molecular weight is 312 g/mol. The van der Waals surface area contributed by atoms with Gasteiger partial charge in [-0.1, -0.05) is 36.4 Å². The molecule has 0 aliphatic rings. The molecule has 0 radical (unpaired) electrons. The largest absolute Gasteiger partial charge is 0.475 e. The van der Waals surface area contributed by atoms with E-state index in [1.54, 1.807) is 7.05 Å². The number of nitrogens with one attached hydrogen (secondary N) is 2. The van der Waals surface area contributed by atoms with Gasteiger partial charge < -0.3 is 15.4 Å². The lowest BCUT2D eigenvalue weighted by atomic mass is 10.2. The van der Waals surface area contributed by atoms with Gasteiger partial charge in [0.15, 0.2) is 5.96 Å². The van der Waals surface area contributed by atoms with Gasteiger partial charge in [-0.25, -0.2) is 4.98 Å². The first kappa shape index (κ1) is 16.8. The summed E-state index contributed by atoms with van der Waals surface area (Å²) in [7, 11) is 1.76. The highest BCUT2D eigenvalue weighted by Crippen LogP contribution is 2.09. The lowest BCUT2D eigenvalue weighted by molar-refractivity contribution is 0.232.